The minimum atomic E-state index is -0.763. The molecule has 1 heterocycles. The molecule has 1 unspecified atom stereocenters. The van der Waals surface area contributed by atoms with Gasteiger partial charge in [0.1, 0.15) is 12.4 Å². The largest absolute Gasteiger partial charge is 0.489 e. The molecule has 1 aliphatic rings. The van der Waals surface area contributed by atoms with E-state index in [1.165, 1.54) is 0 Å². The summed E-state index contributed by atoms with van der Waals surface area (Å²) in [7, 11) is 0. The van der Waals surface area contributed by atoms with E-state index < -0.39 is 6.10 Å². The van der Waals surface area contributed by atoms with Crippen molar-refractivity contribution in [3.8, 4) is 5.75 Å². The van der Waals surface area contributed by atoms with Gasteiger partial charge in [0.05, 0.1) is 12.5 Å². The lowest BCUT2D eigenvalue weighted by Gasteiger charge is -2.18. The van der Waals surface area contributed by atoms with Crippen LogP contribution in [0.4, 0.5) is 0 Å². The first-order chi connectivity index (χ1) is 11.7. The molecule has 2 aromatic carbocycles. The number of amides is 1. The second-order valence-electron chi connectivity index (χ2n) is 6.15. The van der Waals surface area contributed by atoms with Crippen LogP contribution in [-0.4, -0.2) is 29.0 Å². The number of aliphatic hydroxyl groups excluding tert-OH is 1. The van der Waals surface area contributed by atoms with Crippen LogP contribution in [0.2, 0.25) is 0 Å². The molecular formula is C20H23NO3. The topological polar surface area (TPSA) is 49.8 Å². The molecule has 1 aliphatic heterocycles. The van der Waals surface area contributed by atoms with Gasteiger partial charge in [0.2, 0.25) is 5.91 Å². The van der Waals surface area contributed by atoms with Crippen molar-refractivity contribution < 1.29 is 14.6 Å². The van der Waals surface area contributed by atoms with E-state index in [-0.39, 0.29) is 12.3 Å². The van der Waals surface area contributed by atoms with Gasteiger partial charge in [-0.3, -0.25) is 4.79 Å². The van der Waals surface area contributed by atoms with Crippen molar-refractivity contribution in [1.29, 1.82) is 0 Å². The van der Waals surface area contributed by atoms with E-state index in [2.05, 4.69) is 0 Å². The minimum Gasteiger partial charge on any atom is -0.489 e. The van der Waals surface area contributed by atoms with Crippen molar-refractivity contribution >= 4 is 5.91 Å². The number of nitrogens with zero attached hydrogens (tertiary/aromatic N) is 1. The van der Waals surface area contributed by atoms with E-state index in [9.17, 15) is 9.90 Å². The average molecular weight is 325 g/mol. The first kappa shape index (κ1) is 16.5. The summed E-state index contributed by atoms with van der Waals surface area (Å²) in [6.45, 7) is 2.14. The average Bonchev–Trinajstić information content (AvgIpc) is 3.16. The van der Waals surface area contributed by atoms with Crippen LogP contribution in [0.5, 0.6) is 5.75 Å². The molecule has 4 nitrogen and oxygen atoms in total. The molecule has 0 aromatic heterocycles. The quantitative estimate of drug-likeness (QED) is 0.886. The summed E-state index contributed by atoms with van der Waals surface area (Å²) >= 11 is 0. The number of benzene rings is 2. The van der Waals surface area contributed by atoms with Crippen LogP contribution in [0.3, 0.4) is 0 Å². The summed E-state index contributed by atoms with van der Waals surface area (Å²) in [5.41, 5.74) is 1.85. The monoisotopic (exact) mass is 325 g/mol. The Kier molecular flexibility index (Phi) is 5.49. The molecule has 4 heteroatoms. The van der Waals surface area contributed by atoms with Gasteiger partial charge in [-0.05, 0) is 36.1 Å². The Hall–Kier alpha value is -2.33. The highest BCUT2D eigenvalue weighted by Gasteiger charge is 2.21. The maximum atomic E-state index is 12.1. The van der Waals surface area contributed by atoms with Crippen molar-refractivity contribution in [2.75, 3.05) is 13.1 Å². The fourth-order valence-corrected chi connectivity index (χ4v) is 2.91. The van der Waals surface area contributed by atoms with Crippen molar-refractivity contribution in [3.05, 3.63) is 65.7 Å². The lowest BCUT2D eigenvalue weighted by atomic mass is 10.1. The number of carbonyl (C=O) groups is 1. The Bertz CT molecular complexity index is 648. The SMILES string of the molecule is O=C(CC(O)c1ccc(OCc2ccccc2)cc1)N1CCCC1. The van der Waals surface area contributed by atoms with Crippen LogP contribution in [-0.2, 0) is 11.4 Å². The number of carbonyl (C=O) groups excluding carboxylic acids is 1. The molecule has 24 heavy (non-hydrogen) atoms. The fourth-order valence-electron chi connectivity index (χ4n) is 2.91. The molecule has 126 valence electrons. The van der Waals surface area contributed by atoms with Crippen molar-refractivity contribution in [2.24, 2.45) is 0 Å². The summed E-state index contributed by atoms with van der Waals surface area (Å²) in [6.07, 6.45) is 1.51. The number of ether oxygens (including phenoxy) is 1. The van der Waals surface area contributed by atoms with Crippen LogP contribution in [0.15, 0.2) is 54.6 Å². The maximum absolute atomic E-state index is 12.1. The number of aliphatic hydroxyl groups is 1. The lowest BCUT2D eigenvalue weighted by molar-refractivity contribution is -0.132. The van der Waals surface area contributed by atoms with Crippen LogP contribution in [0.25, 0.3) is 0 Å². The van der Waals surface area contributed by atoms with Gasteiger partial charge in [0, 0.05) is 13.1 Å². The Morgan fingerprint density at radius 3 is 2.38 bits per heavy atom. The molecule has 1 N–H and O–H groups in total. The molecule has 1 saturated heterocycles. The third-order valence-corrected chi connectivity index (χ3v) is 4.34. The zero-order chi connectivity index (χ0) is 16.8. The van der Waals surface area contributed by atoms with Gasteiger partial charge < -0.3 is 14.7 Å². The van der Waals surface area contributed by atoms with Gasteiger partial charge in [-0.15, -0.1) is 0 Å². The Balaban J connectivity index is 1.52. The van der Waals surface area contributed by atoms with Gasteiger partial charge in [-0.1, -0.05) is 42.5 Å². The van der Waals surface area contributed by atoms with Crippen LogP contribution < -0.4 is 4.74 Å². The van der Waals surface area contributed by atoms with Gasteiger partial charge in [-0.2, -0.15) is 0 Å². The summed E-state index contributed by atoms with van der Waals surface area (Å²) in [6, 6.07) is 17.3. The molecule has 0 bridgehead atoms. The summed E-state index contributed by atoms with van der Waals surface area (Å²) in [5, 5.41) is 10.3. The highest BCUT2D eigenvalue weighted by Crippen LogP contribution is 2.22. The molecule has 1 fully saturated rings. The maximum Gasteiger partial charge on any atom is 0.225 e. The molecule has 2 aromatic rings. The van der Waals surface area contributed by atoms with Gasteiger partial charge in [-0.25, -0.2) is 0 Å². The van der Waals surface area contributed by atoms with Crippen molar-refractivity contribution in [1.82, 2.24) is 4.90 Å². The van der Waals surface area contributed by atoms with E-state index in [4.69, 9.17) is 4.74 Å². The zero-order valence-corrected chi connectivity index (χ0v) is 13.7. The van der Waals surface area contributed by atoms with E-state index in [0.717, 1.165) is 42.8 Å². The molecule has 0 radical (unpaired) electrons. The number of rotatable bonds is 6. The van der Waals surface area contributed by atoms with Crippen molar-refractivity contribution in [3.63, 3.8) is 0 Å². The van der Waals surface area contributed by atoms with E-state index in [1.807, 2.05) is 59.5 Å². The molecule has 0 aliphatic carbocycles. The van der Waals surface area contributed by atoms with Crippen molar-refractivity contribution in [2.45, 2.75) is 32.0 Å². The number of likely N-dealkylation sites (tertiary alicyclic amines) is 1. The molecule has 0 spiro atoms. The van der Waals surface area contributed by atoms with Crippen LogP contribution >= 0.6 is 0 Å². The van der Waals surface area contributed by atoms with Gasteiger partial charge in [0.15, 0.2) is 0 Å². The zero-order valence-electron chi connectivity index (χ0n) is 13.7. The third-order valence-electron chi connectivity index (χ3n) is 4.34. The predicted molar refractivity (Wildman–Crippen MR) is 92.6 cm³/mol. The van der Waals surface area contributed by atoms with E-state index in [1.54, 1.807) is 0 Å². The summed E-state index contributed by atoms with van der Waals surface area (Å²) < 4.78 is 5.73. The third kappa shape index (κ3) is 4.36. The molecule has 3 rings (SSSR count). The normalized spacial score (nSPS) is 15.3. The molecule has 1 amide bonds. The minimum absolute atomic E-state index is 0.0319. The van der Waals surface area contributed by atoms with E-state index >= 15 is 0 Å². The van der Waals surface area contributed by atoms with Gasteiger partial charge >= 0.3 is 0 Å². The smallest absolute Gasteiger partial charge is 0.225 e. The Morgan fingerprint density at radius 1 is 1.04 bits per heavy atom. The standard InChI is InChI=1S/C20H23NO3/c22-19(14-20(23)21-12-4-5-13-21)17-8-10-18(11-9-17)24-15-16-6-2-1-3-7-16/h1-3,6-11,19,22H,4-5,12-15H2. The second-order valence-corrected chi connectivity index (χ2v) is 6.15. The lowest BCUT2D eigenvalue weighted by Crippen LogP contribution is -2.28. The molecule has 0 saturated carbocycles. The number of hydrogen-bond acceptors (Lipinski definition) is 3. The highest BCUT2D eigenvalue weighted by atomic mass is 16.5. The molecular weight excluding hydrogens is 302 g/mol. The predicted octanol–water partition coefficient (Wildman–Crippen LogP) is 3.31. The first-order valence-corrected chi connectivity index (χ1v) is 8.45. The number of hydrogen-bond donors (Lipinski definition) is 1. The highest BCUT2D eigenvalue weighted by molar-refractivity contribution is 5.77. The second kappa shape index (κ2) is 7.97. The first-order valence-electron chi connectivity index (χ1n) is 8.45. The van der Waals surface area contributed by atoms with Crippen LogP contribution in [0.1, 0.15) is 36.5 Å². The Labute approximate surface area is 142 Å². The summed E-state index contributed by atoms with van der Waals surface area (Å²) in [4.78, 5) is 13.9. The Morgan fingerprint density at radius 2 is 1.71 bits per heavy atom. The van der Waals surface area contributed by atoms with Gasteiger partial charge in [0.25, 0.3) is 0 Å². The van der Waals surface area contributed by atoms with Crippen LogP contribution in [0, 0.1) is 0 Å². The molecule has 1 atom stereocenters. The fraction of sp³-hybridized carbons (Fsp3) is 0.350. The van der Waals surface area contributed by atoms with E-state index in [0.29, 0.717) is 6.61 Å². The summed E-state index contributed by atoms with van der Waals surface area (Å²) in [5.74, 6) is 0.782.